The van der Waals surface area contributed by atoms with Crippen LogP contribution in [0.25, 0.3) is 0 Å². The Hall–Kier alpha value is -1.71. The molecule has 0 bridgehead atoms. The van der Waals surface area contributed by atoms with Gasteiger partial charge in [-0.3, -0.25) is 9.48 Å². The van der Waals surface area contributed by atoms with Gasteiger partial charge in [0.1, 0.15) is 12.6 Å². The molecule has 0 spiro atoms. The lowest BCUT2D eigenvalue weighted by Crippen LogP contribution is -2.46. The van der Waals surface area contributed by atoms with E-state index in [-0.39, 0.29) is 11.1 Å². The monoisotopic (exact) mass is 323 g/mol. The van der Waals surface area contributed by atoms with E-state index in [4.69, 9.17) is 5.11 Å². The molecule has 1 aliphatic heterocycles. The van der Waals surface area contributed by atoms with Crippen molar-refractivity contribution < 1.29 is 27.9 Å². The third kappa shape index (κ3) is 3.31. The van der Waals surface area contributed by atoms with Gasteiger partial charge in [0, 0.05) is 11.9 Å². The van der Waals surface area contributed by atoms with Crippen LogP contribution >= 0.6 is 11.8 Å². The Morgan fingerprint density at radius 2 is 2.19 bits per heavy atom. The summed E-state index contributed by atoms with van der Waals surface area (Å²) in [6.07, 6.45) is -3.53. The molecule has 2 heterocycles. The number of aromatic nitrogens is 2. The van der Waals surface area contributed by atoms with Crippen molar-refractivity contribution in [3.8, 4) is 0 Å². The van der Waals surface area contributed by atoms with Crippen LogP contribution in [0.1, 0.15) is 12.6 Å². The van der Waals surface area contributed by atoms with Gasteiger partial charge in [0.2, 0.25) is 5.91 Å². The minimum absolute atomic E-state index is 0.259. The van der Waals surface area contributed by atoms with E-state index in [0.29, 0.717) is 0 Å². The zero-order valence-corrected chi connectivity index (χ0v) is 11.7. The van der Waals surface area contributed by atoms with Gasteiger partial charge in [-0.15, -0.1) is 11.8 Å². The van der Waals surface area contributed by atoms with Gasteiger partial charge < -0.3 is 10.0 Å². The number of rotatable bonds is 3. The van der Waals surface area contributed by atoms with Gasteiger partial charge >= 0.3 is 12.1 Å². The molecule has 116 valence electrons. The van der Waals surface area contributed by atoms with E-state index < -0.39 is 36.3 Å². The highest BCUT2D eigenvalue weighted by molar-refractivity contribution is 8.00. The van der Waals surface area contributed by atoms with Crippen molar-refractivity contribution in [2.45, 2.75) is 31.1 Å². The van der Waals surface area contributed by atoms with Gasteiger partial charge in [0.15, 0.2) is 5.69 Å². The number of aliphatic carboxylic acids is 1. The smallest absolute Gasteiger partial charge is 0.435 e. The van der Waals surface area contributed by atoms with Crippen molar-refractivity contribution in [2.75, 3.05) is 5.75 Å². The molecule has 21 heavy (non-hydrogen) atoms. The van der Waals surface area contributed by atoms with Gasteiger partial charge in [-0.1, -0.05) is 0 Å². The lowest BCUT2D eigenvalue weighted by molar-refractivity contribution is -0.149. The largest absolute Gasteiger partial charge is 0.480 e. The topological polar surface area (TPSA) is 75.4 Å². The summed E-state index contributed by atoms with van der Waals surface area (Å²) in [5, 5.41) is 12.0. The van der Waals surface area contributed by atoms with Gasteiger partial charge in [0.05, 0.1) is 5.37 Å². The van der Waals surface area contributed by atoms with E-state index in [1.807, 2.05) is 0 Å². The number of hydrogen-bond donors (Lipinski definition) is 1. The average molecular weight is 323 g/mol. The van der Waals surface area contributed by atoms with Gasteiger partial charge in [-0.2, -0.15) is 18.3 Å². The lowest BCUT2D eigenvalue weighted by atomic mass is 10.3. The normalized spacial score (nSPS) is 22.6. The van der Waals surface area contributed by atoms with Gasteiger partial charge in [-0.25, -0.2) is 4.79 Å². The summed E-state index contributed by atoms with van der Waals surface area (Å²) in [6.45, 7) is 1.25. The summed E-state index contributed by atoms with van der Waals surface area (Å²) in [4.78, 5) is 24.3. The minimum atomic E-state index is -4.57. The Morgan fingerprint density at radius 1 is 1.52 bits per heavy atom. The second-order valence-electron chi connectivity index (χ2n) is 4.48. The van der Waals surface area contributed by atoms with Crippen LogP contribution in [-0.4, -0.2) is 48.8 Å². The number of nitrogens with zero attached hydrogens (tertiary/aromatic N) is 3. The van der Waals surface area contributed by atoms with Crippen LogP contribution in [0, 0.1) is 0 Å². The molecule has 2 atom stereocenters. The number of carboxylic acids is 1. The van der Waals surface area contributed by atoms with Crippen molar-refractivity contribution in [2.24, 2.45) is 0 Å². The molecule has 1 aliphatic rings. The van der Waals surface area contributed by atoms with Crippen molar-refractivity contribution in [1.29, 1.82) is 0 Å². The third-order valence-electron chi connectivity index (χ3n) is 3.02. The van der Waals surface area contributed by atoms with Crippen LogP contribution in [0.15, 0.2) is 12.3 Å². The van der Waals surface area contributed by atoms with Crippen LogP contribution in [0.2, 0.25) is 0 Å². The number of carbonyl (C=O) groups is 2. The molecule has 0 saturated carbocycles. The maximum absolute atomic E-state index is 12.4. The van der Waals surface area contributed by atoms with Crippen molar-refractivity contribution in [3.63, 3.8) is 0 Å². The molecular weight excluding hydrogens is 311 g/mol. The number of thioether (sulfide) groups is 1. The molecule has 6 nitrogen and oxygen atoms in total. The quantitative estimate of drug-likeness (QED) is 0.907. The number of alkyl halides is 3. The number of carboxylic acid groups (broad SMARTS) is 1. The molecule has 1 N–H and O–H groups in total. The molecule has 1 aromatic rings. The summed E-state index contributed by atoms with van der Waals surface area (Å²) >= 11 is 1.30. The van der Waals surface area contributed by atoms with Crippen LogP contribution in [0.5, 0.6) is 0 Å². The first-order valence-corrected chi connectivity index (χ1v) is 7.01. The fraction of sp³-hybridized carbons (Fsp3) is 0.545. The van der Waals surface area contributed by atoms with Gasteiger partial charge in [0.25, 0.3) is 0 Å². The summed E-state index contributed by atoms with van der Waals surface area (Å²) < 4.78 is 38.1. The second kappa shape index (κ2) is 5.58. The van der Waals surface area contributed by atoms with Crippen LogP contribution in [-0.2, 0) is 22.3 Å². The summed E-state index contributed by atoms with van der Waals surface area (Å²) in [6, 6.07) is -0.195. The maximum atomic E-state index is 12.4. The van der Waals surface area contributed by atoms with Crippen LogP contribution < -0.4 is 0 Å². The summed E-state index contributed by atoms with van der Waals surface area (Å²) in [7, 11) is 0. The SMILES string of the molecule is CC1SCC(C(=O)O)N1C(=O)Cn1ccc(C(F)(F)F)n1. The predicted molar refractivity (Wildman–Crippen MR) is 67.4 cm³/mol. The van der Waals surface area contributed by atoms with Gasteiger partial charge in [-0.05, 0) is 13.0 Å². The summed E-state index contributed by atoms with van der Waals surface area (Å²) in [5.74, 6) is -1.44. The molecule has 0 aliphatic carbocycles. The predicted octanol–water partition coefficient (Wildman–Crippen LogP) is 1.28. The number of hydrogen-bond acceptors (Lipinski definition) is 4. The minimum Gasteiger partial charge on any atom is -0.480 e. The Balaban J connectivity index is 2.10. The first-order chi connectivity index (χ1) is 9.70. The van der Waals surface area contributed by atoms with E-state index >= 15 is 0 Å². The molecule has 2 rings (SSSR count). The van der Waals surface area contributed by atoms with E-state index in [0.717, 1.165) is 16.9 Å². The van der Waals surface area contributed by atoms with E-state index in [1.54, 1.807) is 6.92 Å². The first kappa shape index (κ1) is 15.7. The highest BCUT2D eigenvalue weighted by Gasteiger charge is 2.39. The van der Waals surface area contributed by atoms with Crippen molar-refractivity contribution in [1.82, 2.24) is 14.7 Å². The van der Waals surface area contributed by atoms with Crippen molar-refractivity contribution >= 4 is 23.6 Å². The van der Waals surface area contributed by atoms with Crippen molar-refractivity contribution in [3.05, 3.63) is 18.0 Å². The molecule has 10 heteroatoms. The number of halogens is 3. The molecule has 1 amide bonds. The molecule has 1 fully saturated rings. The van der Waals surface area contributed by atoms with E-state index in [1.165, 1.54) is 16.7 Å². The maximum Gasteiger partial charge on any atom is 0.435 e. The number of carbonyl (C=O) groups excluding carboxylic acids is 1. The molecular formula is C11H12F3N3O3S. The Bertz CT molecular complexity index is 560. The van der Waals surface area contributed by atoms with Crippen LogP contribution in [0.3, 0.4) is 0 Å². The summed E-state index contributed by atoms with van der Waals surface area (Å²) in [5.41, 5.74) is -1.09. The molecule has 2 unspecified atom stereocenters. The Morgan fingerprint density at radius 3 is 2.71 bits per heavy atom. The Kier molecular flexibility index (Phi) is 4.17. The third-order valence-corrected chi connectivity index (χ3v) is 4.24. The van der Waals surface area contributed by atoms with E-state index in [2.05, 4.69) is 5.10 Å². The molecule has 1 aromatic heterocycles. The highest BCUT2D eigenvalue weighted by atomic mass is 32.2. The lowest BCUT2D eigenvalue weighted by Gasteiger charge is -2.24. The molecule has 0 radical (unpaired) electrons. The molecule has 0 aromatic carbocycles. The zero-order valence-electron chi connectivity index (χ0n) is 10.9. The Labute approximate surface area is 121 Å². The zero-order chi connectivity index (χ0) is 15.8. The van der Waals surface area contributed by atoms with E-state index in [9.17, 15) is 22.8 Å². The highest BCUT2D eigenvalue weighted by Crippen LogP contribution is 2.30. The first-order valence-electron chi connectivity index (χ1n) is 5.96. The second-order valence-corrected chi connectivity index (χ2v) is 5.83. The van der Waals surface area contributed by atoms with Crippen LogP contribution in [0.4, 0.5) is 13.2 Å². The number of amides is 1. The fourth-order valence-electron chi connectivity index (χ4n) is 2.03. The average Bonchev–Trinajstić information content (AvgIpc) is 2.94. The standard InChI is InChI=1S/C11H12F3N3O3S/c1-6-17(7(5-21-6)10(19)20)9(18)4-16-3-2-8(15-16)11(12,13)14/h2-3,6-7H,4-5H2,1H3,(H,19,20). The fourth-order valence-corrected chi connectivity index (χ4v) is 3.22. The molecule has 1 saturated heterocycles.